The number of carbonyl (C=O) groups excluding carboxylic acids is 1. The molecule has 2 unspecified atom stereocenters. The minimum Gasteiger partial charge on any atom is -0.481 e. The highest BCUT2D eigenvalue weighted by Crippen LogP contribution is 2.38. The Balaban J connectivity index is 2.48. The van der Waals surface area contributed by atoms with Gasteiger partial charge in [0.25, 0.3) is 0 Å². The third kappa shape index (κ3) is 3.08. The maximum absolute atomic E-state index is 12.1. The summed E-state index contributed by atoms with van der Waals surface area (Å²) in [5.41, 5.74) is 1.81. The first-order chi connectivity index (χ1) is 10.1. The van der Waals surface area contributed by atoms with Crippen molar-refractivity contribution in [1.29, 1.82) is 0 Å². The molecule has 2 rings (SSSR count). The van der Waals surface area contributed by atoms with Crippen LogP contribution >= 0.6 is 0 Å². The van der Waals surface area contributed by atoms with Gasteiger partial charge in [-0.1, -0.05) is 24.3 Å². The molecular formula is C16H21NO4. The predicted molar refractivity (Wildman–Crippen MR) is 77.6 cm³/mol. The molecule has 1 aliphatic heterocycles. The molecule has 0 aliphatic carbocycles. The lowest BCUT2D eigenvalue weighted by atomic mass is 9.82. The molecule has 1 heterocycles. The number of benzene rings is 1. The molecule has 21 heavy (non-hydrogen) atoms. The second kappa shape index (κ2) is 6.72. The van der Waals surface area contributed by atoms with Crippen LogP contribution in [0.2, 0.25) is 0 Å². The van der Waals surface area contributed by atoms with E-state index in [4.69, 9.17) is 4.74 Å². The van der Waals surface area contributed by atoms with Gasteiger partial charge in [0.05, 0.1) is 18.6 Å². The summed E-state index contributed by atoms with van der Waals surface area (Å²) in [5.74, 6) is -1.40. The maximum Gasteiger partial charge on any atom is 0.308 e. The number of nitrogens with zero attached hydrogens (tertiary/aromatic N) is 1. The molecule has 0 saturated carbocycles. The highest BCUT2D eigenvalue weighted by molar-refractivity contribution is 5.81. The largest absolute Gasteiger partial charge is 0.481 e. The Kier molecular flexibility index (Phi) is 4.96. The zero-order valence-corrected chi connectivity index (χ0v) is 12.4. The van der Waals surface area contributed by atoms with Gasteiger partial charge in [-0.15, -0.1) is 0 Å². The zero-order valence-electron chi connectivity index (χ0n) is 12.4. The minimum absolute atomic E-state index is 0.0206. The van der Waals surface area contributed by atoms with Crippen LogP contribution in [0.1, 0.15) is 36.9 Å². The first-order valence-corrected chi connectivity index (χ1v) is 7.19. The van der Waals surface area contributed by atoms with Crippen LogP contribution in [0.3, 0.4) is 0 Å². The number of likely N-dealkylation sites (tertiary alicyclic amines) is 1. The monoisotopic (exact) mass is 291 g/mol. The number of hydrogen-bond donors (Lipinski definition) is 1. The molecule has 5 heteroatoms. The smallest absolute Gasteiger partial charge is 0.308 e. The average molecular weight is 291 g/mol. The summed E-state index contributed by atoms with van der Waals surface area (Å²) < 4.78 is 5.20. The molecular weight excluding hydrogens is 270 g/mol. The molecule has 1 aliphatic rings. The lowest BCUT2D eigenvalue weighted by molar-refractivity contribution is -0.151. The van der Waals surface area contributed by atoms with Crippen molar-refractivity contribution in [2.45, 2.75) is 32.4 Å². The second-order valence-electron chi connectivity index (χ2n) is 5.24. The molecule has 1 amide bonds. The number of carbonyl (C=O) groups is 2. The highest BCUT2D eigenvalue weighted by Gasteiger charge is 2.40. The van der Waals surface area contributed by atoms with Crippen molar-refractivity contribution in [1.82, 2.24) is 4.90 Å². The Morgan fingerprint density at radius 1 is 1.43 bits per heavy atom. The van der Waals surface area contributed by atoms with Crippen molar-refractivity contribution < 1.29 is 19.4 Å². The minimum atomic E-state index is -0.849. The van der Waals surface area contributed by atoms with Crippen LogP contribution < -0.4 is 0 Å². The number of carboxylic acid groups (broad SMARTS) is 1. The molecule has 1 fully saturated rings. The third-order valence-electron chi connectivity index (χ3n) is 4.04. The Labute approximate surface area is 124 Å². The quantitative estimate of drug-likeness (QED) is 0.903. The van der Waals surface area contributed by atoms with E-state index in [1.807, 2.05) is 31.2 Å². The molecule has 0 spiro atoms. The number of carboxylic acids is 1. The van der Waals surface area contributed by atoms with E-state index in [-0.39, 0.29) is 5.91 Å². The van der Waals surface area contributed by atoms with Gasteiger partial charge in [0.1, 0.15) is 0 Å². The first kappa shape index (κ1) is 15.5. The van der Waals surface area contributed by atoms with Crippen LogP contribution in [0.25, 0.3) is 0 Å². The van der Waals surface area contributed by atoms with E-state index in [0.29, 0.717) is 26.0 Å². The second-order valence-corrected chi connectivity index (χ2v) is 5.24. The van der Waals surface area contributed by atoms with E-state index in [0.717, 1.165) is 11.1 Å². The van der Waals surface area contributed by atoms with Gasteiger partial charge in [-0.3, -0.25) is 9.59 Å². The first-order valence-electron chi connectivity index (χ1n) is 7.19. The van der Waals surface area contributed by atoms with Gasteiger partial charge in [0, 0.05) is 20.1 Å². The van der Waals surface area contributed by atoms with Gasteiger partial charge in [-0.2, -0.15) is 0 Å². The van der Waals surface area contributed by atoms with E-state index < -0.39 is 17.9 Å². The molecule has 1 N–H and O–H groups in total. The van der Waals surface area contributed by atoms with Crippen LogP contribution in [0.5, 0.6) is 0 Å². The van der Waals surface area contributed by atoms with Gasteiger partial charge in [-0.25, -0.2) is 0 Å². The number of aliphatic carboxylic acids is 1. The molecule has 0 aromatic heterocycles. The number of rotatable bonds is 5. The molecule has 2 atom stereocenters. The van der Waals surface area contributed by atoms with Gasteiger partial charge in [0.15, 0.2) is 0 Å². The van der Waals surface area contributed by atoms with E-state index in [9.17, 15) is 14.7 Å². The van der Waals surface area contributed by atoms with Crippen LogP contribution in [0.4, 0.5) is 0 Å². The molecule has 1 saturated heterocycles. The third-order valence-corrected chi connectivity index (χ3v) is 4.04. The number of piperidine rings is 1. The molecule has 1 aromatic carbocycles. The van der Waals surface area contributed by atoms with Crippen molar-refractivity contribution in [3.8, 4) is 0 Å². The average Bonchev–Trinajstić information content (AvgIpc) is 2.47. The summed E-state index contributed by atoms with van der Waals surface area (Å²) in [5, 5.41) is 9.52. The maximum atomic E-state index is 12.1. The molecule has 114 valence electrons. The summed E-state index contributed by atoms with van der Waals surface area (Å²) in [6.07, 6.45) is 0.685. The SMILES string of the molecule is CCN1C(=O)CCC(C(=O)O)C1c1ccccc1COC. The van der Waals surface area contributed by atoms with Crippen molar-refractivity contribution in [3.63, 3.8) is 0 Å². The lowest BCUT2D eigenvalue weighted by Gasteiger charge is -2.40. The topological polar surface area (TPSA) is 66.8 Å². The molecule has 0 radical (unpaired) electrons. The van der Waals surface area contributed by atoms with Crippen molar-refractivity contribution in [3.05, 3.63) is 35.4 Å². The highest BCUT2D eigenvalue weighted by atomic mass is 16.5. The standard InChI is InChI=1S/C16H21NO4/c1-3-17-14(18)9-8-13(16(19)20)15(17)12-7-5-4-6-11(12)10-21-2/h4-7,13,15H,3,8-10H2,1-2H3,(H,19,20). The fraction of sp³-hybridized carbons (Fsp3) is 0.500. The molecule has 5 nitrogen and oxygen atoms in total. The Morgan fingerprint density at radius 3 is 2.76 bits per heavy atom. The molecule has 1 aromatic rings. The van der Waals surface area contributed by atoms with Crippen LogP contribution in [-0.4, -0.2) is 35.5 Å². The van der Waals surface area contributed by atoms with Gasteiger partial charge in [-0.05, 0) is 24.5 Å². The van der Waals surface area contributed by atoms with Gasteiger partial charge >= 0.3 is 5.97 Å². The van der Waals surface area contributed by atoms with Crippen molar-refractivity contribution >= 4 is 11.9 Å². The zero-order chi connectivity index (χ0) is 15.4. The van der Waals surface area contributed by atoms with Crippen LogP contribution in [0, 0.1) is 5.92 Å². The Morgan fingerprint density at radius 2 is 2.14 bits per heavy atom. The number of ether oxygens (including phenoxy) is 1. The van der Waals surface area contributed by atoms with Crippen LogP contribution in [0.15, 0.2) is 24.3 Å². The lowest BCUT2D eigenvalue weighted by Crippen LogP contribution is -2.45. The summed E-state index contributed by atoms with van der Waals surface area (Å²) >= 11 is 0. The van der Waals surface area contributed by atoms with Gasteiger partial charge in [0.2, 0.25) is 5.91 Å². The fourth-order valence-electron chi connectivity index (χ4n) is 3.08. The van der Waals surface area contributed by atoms with E-state index >= 15 is 0 Å². The van der Waals surface area contributed by atoms with Gasteiger partial charge < -0.3 is 14.7 Å². The number of hydrogen-bond acceptors (Lipinski definition) is 3. The summed E-state index contributed by atoms with van der Waals surface area (Å²) in [4.78, 5) is 25.4. The normalized spacial score (nSPS) is 22.4. The summed E-state index contributed by atoms with van der Waals surface area (Å²) in [7, 11) is 1.61. The number of amides is 1. The Bertz CT molecular complexity index is 527. The summed E-state index contributed by atoms with van der Waals surface area (Å²) in [6, 6.07) is 7.18. The fourth-order valence-corrected chi connectivity index (χ4v) is 3.08. The van der Waals surface area contributed by atoms with Crippen molar-refractivity contribution in [2.24, 2.45) is 5.92 Å². The predicted octanol–water partition coefficient (Wildman–Crippen LogP) is 2.22. The summed E-state index contributed by atoms with van der Waals surface area (Å²) in [6.45, 7) is 2.80. The van der Waals surface area contributed by atoms with E-state index in [1.165, 1.54) is 0 Å². The Hall–Kier alpha value is -1.88. The molecule has 0 bridgehead atoms. The number of methoxy groups -OCH3 is 1. The van der Waals surface area contributed by atoms with E-state index in [2.05, 4.69) is 0 Å². The van der Waals surface area contributed by atoms with Crippen molar-refractivity contribution in [2.75, 3.05) is 13.7 Å². The van der Waals surface area contributed by atoms with E-state index in [1.54, 1.807) is 12.0 Å². The van der Waals surface area contributed by atoms with Crippen LogP contribution in [-0.2, 0) is 20.9 Å².